The Balaban J connectivity index is 2.55. The van der Waals surface area contributed by atoms with Gasteiger partial charge in [-0.3, -0.25) is 4.79 Å². The van der Waals surface area contributed by atoms with Gasteiger partial charge in [0.25, 0.3) is 0 Å². The molecule has 1 aliphatic carbocycles. The molecule has 1 aliphatic rings. The molecule has 0 spiro atoms. The van der Waals surface area contributed by atoms with Gasteiger partial charge in [0, 0.05) is 13.5 Å². The summed E-state index contributed by atoms with van der Waals surface area (Å²) in [5.41, 5.74) is 1.92. The number of hydrogen-bond donors (Lipinski definition) is 0. The average Bonchev–Trinajstić information content (AvgIpc) is 2.88. The van der Waals surface area contributed by atoms with Gasteiger partial charge in [-0.15, -0.1) is 0 Å². The van der Waals surface area contributed by atoms with Crippen LogP contribution in [0.15, 0.2) is 6.07 Å². The molecule has 0 saturated heterocycles. The number of aromatic nitrogens is 1. The topological polar surface area (TPSA) is 57.5 Å². The van der Waals surface area contributed by atoms with Gasteiger partial charge in [0.2, 0.25) is 0 Å². The quantitative estimate of drug-likeness (QED) is 0.783. The van der Waals surface area contributed by atoms with Crippen LogP contribution in [-0.2, 0) is 16.2 Å². The second kappa shape index (κ2) is 5.17. The van der Waals surface area contributed by atoms with Gasteiger partial charge in [-0.1, -0.05) is 13.8 Å². The Bertz CT molecular complexity index is 516. The number of carbonyl (C=O) groups excluding carboxylic acids is 2. The van der Waals surface area contributed by atoms with Crippen molar-refractivity contribution in [2.75, 3.05) is 14.2 Å². The molecule has 1 aromatic rings. The highest BCUT2D eigenvalue weighted by atomic mass is 16.5. The summed E-state index contributed by atoms with van der Waals surface area (Å²) in [7, 11) is 2.87. The van der Waals surface area contributed by atoms with Gasteiger partial charge >= 0.3 is 5.97 Å². The molecule has 0 radical (unpaired) electrons. The van der Waals surface area contributed by atoms with E-state index in [1.165, 1.54) is 14.2 Å². The molecule has 19 heavy (non-hydrogen) atoms. The summed E-state index contributed by atoms with van der Waals surface area (Å²) in [6.07, 6.45) is 0.507. The predicted molar refractivity (Wildman–Crippen MR) is 69.3 cm³/mol. The van der Waals surface area contributed by atoms with Crippen LogP contribution in [-0.4, -0.2) is 30.5 Å². The molecule has 0 bridgehead atoms. The third-order valence-electron chi connectivity index (χ3n) is 3.65. The monoisotopic (exact) mass is 265 g/mol. The number of rotatable bonds is 4. The normalized spacial score (nSPS) is 17.9. The third-order valence-corrected chi connectivity index (χ3v) is 3.65. The lowest BCUT2D eigenvalue weighted by atomic mass is 9.91. The fourth-order valence-electron chi connectivity index (χ4n) is 2.70. The van der Waals surface area contributed by atoms with Crippen LogP contribution in [0.25, 0.3) is 0 Å². The van der Waals surface area contributed by atoms with Crippen molar-refractivity contribution in [1.29, 1.82) is 0 Å². The molecule has 0 N–H and O–H groups in total. The number of nitrogens with zero attached hydrogens (tertiary/aromatic N) is 1. The standard InChI is InChI=1S/C14H19NO4/c1-8(2)9-6-12(16)13-10(9)5-11(14(17)19-4)15(13)7-18-3/h5,8-9H,6-7H2,1-4H3. The first-order chi connectivity index (χ1) is 9.01. The summed E-state index contributed by atoms with van der Waals surface area (Å²) < 4.78 is 11.5. The summed E-state index contributed by atoms with van der Waals surface area (Å²) in [6, 6.07) is 1.77. The molecule has 1 unspecified atom stereocenters. The van der Waals surface area contributed by atoms with Crippen molar-refractivity contribution in [2.24, 2.45) is 5.92 Å². The highest BCUT2D eigenvalue weighted by molar-refractivity contribution is 6.02. The summed E-state index contributed by atoms with van der Waals surface area (Å²) in [5, 5.41) is 0. The molecule has 1 atom stereocenters. The van der Waals surface area contributed by atoms with Crippen LogP contribution in [0.1, 0.15) is 52.7 Å². The fraction of sp³-hybridized carbons (Fsp3) is 0.571. The van der Waals surface area contributed by atoms with Gasteiger partial charge < -0.3 is 14.0 Å². The molecule has 2 rings (SSSR count). The second-order valence-electron chi connectivity index (χ2n) is 5.15. The van der Waals surface area contributed by atoms with Crippen molar-refractivity contribution in [2.45, 2.75) is 32.9 Å². The zero-order valence-electron chi connectivity index (χ0n) is 11.7. The smallest absolute Gasteiger partial charge is 0.354 e. The molecule has 5 nitrogen and oxygen atoms in total. The third kappa shape index (κ3) is 2.18. The van der Waals surface area contributed by atoms with Gasteiger partial charge in [0.1, 0.15) is 12.4 Å². The van der Waals surface area contributed by atoms with Crippen molar-refractivity contribution in [3.05, 3.63) is 23.0 Å². The average molecular weight is 265 g/mol. The van der Waals surface area contributed by atoms with E-state index in [0.717, 1.165) is 5.56 Å². The van der Waals surface area contributed by atoms with Crippen LogP contribution in [0.5, 0.6) is 0 Å². The highest BCUT2D eigenvalue weighted by Crippen LogP contribution is 2.40. The number of ether oxygens (including phenoxy) is 2. The first-order valence-corrected chi connectivity index (χ1v) is 6.35. The Morgan fingerprint density at radius 3 is 2.68 bits per heavy atom. The Labute approximate surface area is 112 Å². The number of ketones is 1. The Morgan fingerprint density at radius 2 is 2.16 bits per heavy atom. The van der Waals surface area contributed by atoms with E-state index in [1.54, 1.807) is 10.6 Å². The van der Waals surface area contributed by atoms with Crippen LogP contribution in [0.4, 0.5) is 0 Å². The molecule has 1 heterocycles. The molecule has 0 amide bonds. The van der Waals surface area contributed by atoms with Gasteiger partial charge in [0.05, 0.1) is 12.8 Å². The number of hydrogen-bond acceptors (Lipinski definition) is 4. The van der Waals surface area contributed by atoms with E-state index in [9.17, 15) is 9.59 Å². The zero-order valence-corrected chi connectivity index (χ0v) is 11.7. The maximum atomic E-state index is 12.2. The van der Waals surface area contributed by atoms with Gasteiger partial charge in [-0.25, -0.2) is 4.79 Å². The lowest BCUT2D eigenvalue weighted by Gasteiger charge is -2.12. The fourth-order valence-corrected chi connectivity index (χ4v) is 2.70. The van der Waals surface area contributed by atoms with Crippen LogP contribution in [0.2, 0.25) is 0 Å². The lowest BCUT2D eigenvalue weighted by Crippen LogP contribution is -2.15. The molecule has 1 aromatic heterocycles. The summed E-state index contributed by atoms with van der Waals surface area (Å²) in [6.45, 7) is 4.34. The zero-order chi connectivity index (χ0) is 14.2. The van der Waals surface area contributed by atoms with Gasteiger partial charge in [-0.2, -0.15) is 0 Å². The first-order valence-electron chi connectivity index (χ1n) is 6.35. The second-order valence-corrected chi connectivity index (χ2v) is 5.15. The van der Waals surface area contributed by atoms with Gasteiger partial charge in [-0.05, 0) is 23.5 Å². The number of carbonyl (C=O) groups is 2. The molecule has 0 fully saturated rings. The minimum atomic E-state index is -0.443. The van der Waals surface area contributed by atoms with Crippen LogP contribution >= 0.6 is 0 Å². The molecular formula is C14H19NO4. The largest absolute Gasteiger partial charge is 0.464 e. The van der Waals surface area contributed by atoms with E-state index in [1.807, 2.05) is 0 Å². The molecule has 104 valence electrons. The van der Waals surface area contributed by atoms with Crippen LogP contribution in [0.3, 0.4) is 0 Å². The maximum absolute atomic E-state index is 12.2. The minimum absolute atomic E-state index is 0.0703. The summed E-state index contributed by atoms with van der Waals surface area (Å²) in [4.78, 5) is 24.0. The van der Waals surface area contributed by atoms with Crippen molar-refractivity contribution in [3.63, 3.8) is 0 Å². The maximum Gasteiger partial charge on any atom is 0.354 e. The van der Waals surface area contributed by atoms with E-state index in [4.69, 9.17) is 9.47 Å². The predicted octanol–water partition coefficient (Wildman–Crippen LogP) is 2.20. The SMILES string of the molecule is COCn1c(C(=O)OC)cc2c1C(=O)CC2C(C)C. The number of esters is 1. The van der Waals surface area contributed by atoms with E-state index in [-0.39, 0.29) is 18.4 Å². The molecule has 0 aromatic carbocycles. The Hall–Kier alpha value is -1.62. The van der Waals surface area contributed by atoms with E-state index < -0.39 is 5.97 Å². The van der Waals surface area contributed by atoms with Crippen molar-refractivity contribution in [3.8, 4) is 0 Å². The molecule has 0 saturated carbocycles. The lowest BCUT2D eigenvalue weighted by molar-refractivity contribution is 0.0565. The van der Waals surface area contributed by atoms with E-state index in [2.05, 4.69) is 13.8 Å². The number of fused-ring (bicyclic) bond motifs is 1. The Morgan fingerprint density at radius 1 is 1.47 bits per heavy atom. The minimum Gasteiger partial charge on any atom is -0.464 e. The van der Waals surface area contributed by atoms with Crippen LogP contribution in [0, 0.1) is 5.92 Å². The van der Waals surface area contributed by atoms with E-state index in [0.29, 0.717) is 23.7 Å². The number of Topliss-reactive ketones (excluding diaryl/α,β-unsaturated/α-hetero) is 1. The summed E-state index contributed by atoms with van der Waals surface area (Å²) >= 11 is 0. The molecule has 5 heteroatoms. The van der Waals surface area contributed by atoms with Crippen molar-refractivity contribution < 1.29 is 19.1 Å². The Kier molecular flexibility index (Phi) is 3.75. The first kappa shape index (κ1) is 13.8. The highest BCUT2D eigenvalue weighted by Gasteiger charge is 2.37. The van der Waals surface area contributed by atoms with E-state index >= 15 is 0 Å². The molecule has 0 aliphatic heterocycles. The van der Waals surface area contributed by atoms with Crippen molar-refractivity contribution >= 4 is 11.8 Å². The van der Waals surface area contributed by atoms with Gasteiger partial charge in [0.15, 0.2) is 5.78 Å². The molecular weight excluding hydrogens is 246 g/mol. The van der Waals surface area contributed by atoms with Crippen LogP contribution < -0.4 is 0 Å². The van der Waals surface area contributed by atoms with Crippen molar-refractivity contribution in [1.82, 2.24) is 4.57 Å². The number of methoxy groups -OCH3 is 2. The summed E-state index contributed by atoms with van der Waals surface area (Å²) in [5.74, 6) is 0.153.